The van der Waals surface area contributed by atoms with Crippen LogP contribution >= 0.6 is 0 Å². The molecule has 1 amide bonds. The van der Waals surface area contributed by atoms with E-state index in [0.717, 1.165) is 5.82 Å². The molecule has 0 radical (unpaired) electrons. The van der Waals surface area contributed by atoms with Crippen molar-refractivity contribution in [3.05, 3.63) is 60.4 Å². The molecular formula is C23H24F2N8O. The summed E-state index contributed by atoms with van der Waals surface area (Å²) in [6, 6.07) is 6.60. The molecule has 2 aliphatic heterocycles. The highest BCUT2D eigenvalue weighted by Gasteiger charge is 2.28. The minimum atomic E-state index is -0.813. The van der Waals surface area contributed by atoms with Crippen molar-refractivity contribution >= 4 is 29.2 Å². The number of nitrogens with one attached hydrogen (secondary N) is 1. The lowest BCUT2D eigenvalue weighted by Crippen LogP contribution is -2.52. The van der Waals surface area contributed by atoms with E-state index in [9.17, 15) is 13.6 Å². The molecule has 176 valence electrons. The Labute approximate surface area is 195 Å². The van der Waals surface area contributed by atoms with Gasteiger partial charge in [-0.15, -0.1) is 0 Å². The standard InChI is InChI=1S/C23H24F2N8O/c1-15-12-31(6-7-33(15)21-5-3-17(24)9-27-21)23-28-10-19(11-29-23)30-22(34)16-2-4-20(26-8-16)32-13-18(25)14-32/h2-5,8-11,15,18H,6-7,12-14H2,1H3,(H,30,34)/t15-/m1/s1. The van der Waals surface area contributed by atoms with E-state index in [1.54, 1.807) is 30.6 Å². The Morgan fingerprint density at radius 3 is 2.26 bits per heavy atom. The van der Waals surface area contributed by atoms with E-state index in [4.69, 9.17) is 0 Å². The Bertz CT molecular complexity index is 1140. The summed E-state index contributed by atoms with van der Waals surface area (Å²) in [6.07, 6.45) is 5.03. The van der Waals surface area contributed by atoms with Gasteiger partial charge < -0.3 is 20.0 Å². The zero-order valence-corrected chi connectivity index (χ0v) is 18.6. The van der Waals surface area contributed by atoms with E-state index < -0.39 is 6.17 Å². The van der Waals surface area contributed by atoms with Gasteiger partial charge in [0, 0.05) is 31.9 Å². The molecule has 0 bridgehead atoms. The molecule has 11 heteroatoms. The molecule has 34 heavy (non-hydrogen) atoms. The predicted octanol–water partition coefficient (Wildman–Crippen LogP) is 2.53. The molecule has 0 saturated carbocycles. The van der Waals surface area contributed by atoms with Crippen LogP contribution in [0.15, 0.2) is 49.1 Å². The van der Waals surface area contributed by atoms with Crippen molar-refractivity contribution in [1.82, 2.24) is 19.9 Å². The number of hydrogen-bond donors (Lipinski definition) is 1. The summed E-state index contributed by atoms with van der Waals surface area (Å²) in [4.78, 5) is 35.8. The van der Waals surface area contributed by atoms with Crippen LogP contribution in [0.1, 0.15) is 17.3 Å². The Kier molecular flexibility index (Phi) is 5.91. The van der Waals surface area contributed by atoms with Crippen LogP contribution < -0.4 is 20.0 Å². The molecule has 1 atom stereocenters. The maximum atomic E-state index is 13.2. The van der Waals surface area contributed by atoms with Crippen LogP contribution in [-0.4, -0.2) is 70.8 Å². The second-order valence-corrected chi connectivity index (χ2v) is 8.46. The summed E-state index contributed by atoms with van der Waals surface area (Å²) in [5.41, 5.74) is 0.868. The fourth-order valence-electron chi connectivity index (χ4n) is 4.09. The highest BCUT2D eigenvalue weighted by molar-refractivity contribution is 6.04. The average molecular weight is 466 g/mol. The zero-order valence-electron chi connectivity index (χ0n) is 18.6. The van der Waals surface area contributed by atoms with Crippen LogP contribution in [0.4, 0.5) is 32.1 Å². The van der Waals surface area contributed by atoms with E-state index in [1.165, 1.54) is 18.5 Å². The summed E-state index contributed by atoms with van der Waals surface area (Å²) in [5, 5.41) is 2.77. The van der Waals surface area contributed by atoms with Gasteiger partial charge in [-0.2, -0.15) is 0 Å². The van der Waals surface area contributed by atoms with Crippen LogP contribution in [-0.2, 0) is 0 Å². The number of amides is 1. The first-order valence-corrected chi connectivity index (χ1v) is 11.1. The van der Waals surface area contributed by atoms with Crippen LogP contribution in [0.25, 0.3) is 0 Å². The first kappa shape index (κ1) is 21.9. The Morgan fingerprint density at radius 1 is 0.912 bits per heavy atom. The summed E-state index contributed by atoms with van der Waals surface area (Å²) in [6.45, 7) is 4.81. The van der Waals surface area contributed by atoms with Gasteiger partial charge in [-0.3, -0.25) is 4.79 Å². The normalized spacial score (nSPS) is 18.6. The fourth-order valence-corrected chi connectivity index (χ4v) is 4.09. The number of pyridine rings is 2. The smallest absolute Gasteiger partial charge is 0.257 e. The minimum absolute atomic E-state index is 0.136. The van der Waals surface area contributed by atoms with Gasteiger partial charge in [0.2, 0.25) is 5.95 Å². The van der Waals surface area contributed by atoms with Crippen molar-refractivity contribution in [2.24, 2.45) is 0 Å². The van der Waals surface area contributed by atoms with Crippen molar-refractivity contribution in [3.8, 4) is 0 Å². The van der Waals surface area contributed by atoms with Gasteiger partial charge >= 0.3 is 0 Å². The molecule has 0 spiro atoms. The maximum absolute atomic E-state index is 13.2. The van der Waals surface area contributed by atoms with Gasteiger partial charge in [-0.05, 0) is 31.2 Å². The molecule has 0 unspecified atom stereocenters. The number of piperazine rings is 1. The third kappa shape index (κ3) is 4.59. The number of halogens is 2. The number of carbonyl (C=O) groups is 1. The molecule has 3 aromatic heterocycles. The van der Waals surface area contributed by atoms with Crippen LogP contribution in [0.3, 0.4) is 0 Å². The van der Waals surface area contributed by atoms with E-state index in [0.29, 0.717) is 55.7 Å². The molecule has 9 nitrogen and oxygen atoms in total. The van der Waals surface area contributed by atoms with Crippen molar-refractivity contribution in [2.45, 2.75) is 19.1 Å². The molecule has 2 saturated heterocycles. The molecule has 5 rings (SSSR count). The Morgan fingerprint density at radius 2 is 1.65 bits per heavy atom. The van der Waals surface area contributed by atoms with E-state index in [-0.39, 0.29) is 17.8 Å². The zero-order chi connectivity index (χ0) is 23.7. The number of alkyl halides is 1. The van der Waals surface area contributed by atoms with Crippen LogP contribution in [0, 0.1) is 5.82 Å². The number of carbonyl (C=O) groups excluding carboxylic acids is 1. The van der Waals surface area contributed by atoms with Crippen LogP contribution in [0.5, 0.6) is 0 Å². The van der Waals surface area contributed by atoms with E-state index in [2.05, 4.69) is 42.0 Å². The summed E-state index contributed by atoms with van der Waals surface area (Å²) in [7, 11) is 0. The molecule has 0 aliphatic carbocycles. The molecule has 2 aliphatic rings. The van der Waals surface area contributed by atoms with E-state index >= 15 is 0 Å². The second kappa shape index (κ2) is 9.16. The molecule has 2 fully saturated rings. The van der Waals surface area contributed by atoms with Gasteiger partial charge in [-0.25, -0.2) is 28.7 Å². The summed E-state index contributed by atoms with van der Waals surface area (Å²) < 4.78 is 26.2. The summed E-state index contributed by atoms with van der Waals surface area (Å²) >= 11 is 0. The third-order valence-electron chi connectivity index (χ3n) is 5.98. The van der Waals surface area contributed by atoms with Crippen molar-refractivity contribution in [3.63, 3.8) is 0 Å². The largest absolute Gasteiger partial charge is 0.351 e. The molecule has 1 N–H and O–H groups in total. The van der Waals surface area contributed by atoms with Gasteiger partial charge in [0.15, 0.2) is 0 Å². The van der Waals surface area contributed by atoms with E-state index in [1.807, 2.05) is 4.90 Å². The monoisotopic (exact) mass is 466 g/mol. The SMILES string of the molecule is C[C@@H]1CN(c2ncc(NC(=O)c3ccc(N4CC(F)C4)nc3)cn2)CCN1c1ccc(F)cn1. The highest BCUT2D eigenvalue weighted by atomic mass is 19.1. The maximum Gasteiger partial charge on any atom is 0.257 e. The minimum Gasteiger partial charge on any atom is -0.351 e. The Balaban J connectivity index is 1.17. The molecule has 0 aromatic carbocycles. The average Bonchev–Trinajstić information content (AvgIpc) is 2.83. The number of hydrogen-bond acceptors (Lipinski definition) is 8. The first-order valence-electron chi connectivity index (χ1n) is 11.1. The number of rotatable bonds is 5. The number of anilines is 4. The number of aromatic nitrogens is 4. The van der Waals surface area contributed by atoms with Gasteiger partial charge in [0.1, 0.15) is 23.6 Å². The molecule has 5 heterocycles. The second-order valence-electron chi connectivity index (χ2n) is 8.46. The van der Waals surface area contributed by atoms with Crippen molar-refractivity contribution < 1.29 is 13.6 Å². The highest BCUT2D eigenvalue weighted by Crippen LogP contribution is 2.22. The van der Waals surface area contributed by atoms with Gasteiger partial charge in [0.05, 0.1) is 42.9 Å². The predicted molar refractivity (Wildman–Crippen MR) is 125 cm³/mol. The van der Waals surface area contributed by atoms with Crippen LogP contribution in [0.2, 0.25) is 0 Å². The van der Waals surface area contributed by atoms with Crippen molar-refractivity contribution in [2.75, 3.05) is 52.7 Å². The Hall–Kier alpha value is -3.89. The topological polar surface area (TPSA) is 90.4 Å². The lowest BCUT2D eigenvalue weighted by molar-refractivity contribution is 0.102. The quantitative estimate of drug-likeness (QED) is 0.614. The molecule has 3 aromatic rings. The number of nitrogens with zero attached hydrogens (tertiary/aromatic N) is 7. The fraction of sp³-hybridized carbons (Fsp3) is 0.348. The first-order chi connectivity index (χ1) is 16.5. The molecular weight excluding hydrogens is 442 g/mol. The van der Waals surface area contributed by atoms with Crippen molar-refractivity contribution in [1.29, 1.82) is 0 Å². The van der Waals surface area contributed by atoms with Gasteiger partial charge in [-0.1, -0.05) is 0 Å². The summed E-state index contributed by atoms with van der Waals surface area (Å²) in [5.74, 6) is 1.29. The lowest BCUT2D eigenvalue weighted by Gasteiger charge is -2.40. The lowest BCUT2D eigenvalue weighted by atomic mass is 10.2. The third-order valence-corrected chi connectivity index (χ3v) is 5.98. The van der Waals surface area contributed by atoms with Gasteiger partial charge in [0.25, 0.3) is 5.91 Å².